The number of nitro benzene ring substituents is 1. The summed E-state index contributed by atoms with van der Waals surface area (Å²) in [4.78, 5) is 9.37. The lowest BCUT2D eigenvalue weighted by atomic mass is 10.1. The van der Waals surface area contributed by atoms with Crippen LogP contribution in [0.25, 0.3) is 0 Å². The molecule has 0 aromatic heterocycles. The molecule has 0 radical (unpaired) electrons. The van der Waals surface area contributed by atoms with E-state index in [-0.39, 0.29) is 5.33 Å². The predicted molar refractivity (Wildman–Crippen MR) is 51.8 cm³/mol. The van der Waals surface area contributed by atoms with Gasteiger partial charge >= 0.3 is 5.69 Å². The summed E-state index contributed by atoms with van der Waals surface area (Å²) in [6, 6.07) is 1.47. The van der Waals surface area contributed by atoms with Crippen molar-refractivity contribution < 1.29 is 18.8 Å². The topological polar surface area (TPSA) is 63.4 Å². The largest absolute Gasteiger partial charge is 0.387 e. The van der Waals surface area contributed by atoms with Crippen molar-refractivity contribution in [2.24, 2.45) is 0 Å². The van der Waals surface area contributed by atoms with Crippen LogP contribution < -0.4 is 0 Å². The fourth-order valence-corrected chi connectivity index (χ4v) is 1.41. The molecule has 1 aromatic carbocycles. The molecule has 0 amide bonds. The number of hydrogen-bond donors (Lipinski definition) is 1. The zero-order valence-electron chi connectivity index (χ0n) is 7.28. The van der Waals surface area contributed by atoms with E-state index in [4.69, 9.17) is 0 Å². The Morgan fingerprint density at radius 3 is 2.60 bits per heavy atom. The number of nitro groups is 1. The summed E-state index contributed by atoms with van der Waals surface area (Å²) < 4.78 is 26.4. The molecule has 1 unspecified atom stereocenters. The first-order valence-electron chi connectivity index (χ1n) is 3.85. The van der Waals surface area contributed by atoms with E-state index < -0.39 is 33.9 Å². The lowest BCUT2D eigenvalue weighted by Gasteiger charge is -2.09. The minimum absolute atomic E-state index is 0.109. The Balaban J connectivity index is 3.36. The van der Waals surface area contributed by atoms with Gasteiger partial charge in [0.1, 0.15) is 5.82 Å². The zero-order valence-corrected chi connectivity index (χ0v) is 8.87. The quantitative estimate of drug-likeness (QED) is 0.525. The van der Waals surface area contributed by atoms with Gasteiger partial charge in [0.15, 0.2) is 0 Å². The third kappa shape index (κ3) is 2.29. The van der Waals surface area contributed by atoms with Crippen LogP contribution in [0.2, 0.25) is 0 Å². The van der Waals surface area contributed by atoms with Gasteiger partial charge in [-0.2, -0.15) is 4.39 Å². The van der Waals surface area contributed by atoms with Crippen LogP contribution >= 0.6 is 15.9 Å². The van der Waals surface area contributed by atoms with Gasteiger partial charge in [0, 0.05) is 11.4 Å². The summed E-state index contributed by atoms with van der Waals surface area (Å²) in [6.07, 6.45) is -1.45. The summed E-state index contributed by atoms with van der Waals surface area (Å²) in [5, 5.41) is 19.5. The van der Waals surface area contributed by atoms with Crippen molar-refractivity contribution in [3.8, 4) is 0 Å². The van der Waals surface area contributed by atoms with Crippen LogP contribution in [0.15, 0.2) is 12.1 Å². The molecular formula is C8H6BrF2NO3. The number of rotatable bonds is 3. The Bertz CT molecular complexity index is 400. The maximum atomic E-state index is 13.4. The first-order chi connectivity index (χ1) is 6.99. The fourth-order valence-electron chi connectivity index (χ4n) is 1.08. The van der Waals surface area contributed by atoms with Crippen LogP contribution in [0.5, 0.6) is 0 Å². The van der Waals surface area contributed by atoms with Crippen molar-refractivity contribution in [1.29, 1.82) is 0 Å². The lowest BCUT2D eigenvalue weighted by molar-refractivity contribution is -0.387. The summed E-state index contributed by atoms with van der Waals surface area (Å²) in [7, 11) is 0. The third-order valence-electron chi connectivity index (χ3n) is 1.78. The van der Waals surface area contributed by atoms with Crippen LogP contribution in [-0.4, -0.2) is 15.4 Å². The lowest BCUT2D eigenvalue weighted by Crippen LogP contribution is -2.07. The van der Waals surface area contributed by atoms with Gasteiger partial charge < -0.3 is 5.11 Å². The van der Waals surface area contributed by atoms with Crippen LogP contribution in [0.1, 0.15) is 11.7 Å². The summed E-state index contributed by atoms with van der Waals surface area (Å²) in [5.74, 6) is -2.35. The second-order valence-electron chi connectivity index (χ2n) is 2.72. The molecule has 1 atom stereocenters. The normalized spacial score (nSPS) is 12.5. The van der Waals surface area contributed by atoms with Gasteiger partial charge in [-0.25, -0.2) is 4.39 Å². The van der Waals surface area contributed by atoms with Gasteiger partial charge in [0.25, 0.3) is 0 Å². The van der Waals surface area contributed by atoms with E-state index in [1.165, 1.54) is 0 Å². The van der Waals surface area contributed by atoms with Crippen molar-refractivity contribution >= 4 is 21.6 Å². The summed E-state index contributed by atoms with van der Waals surface area (Å²) >= 11 is 2.83. The average Bonchev–Trinajstić information content (AvgIpc) is 2.16. The van der Waals surface area contributed by atoms with E-state index in [0.717, 1.165) is 12.1 Å². The second-order valence-corrected chi connectivity index (χ2v) is 3.37. The molecule has 0 bridgehead atoms. The molecular weight excluding hydrogens is 276 g/mol. The fraction of sp³-hybridized carbons (Fsp3) is 0.250. The highest BCUT2D eigenvalue weighted by Crippen LogP contribution is 2.28. The molecule has 0 fully saturated rings. The monoisotopic (exact) mass is 281 g/mol. The second kappa shape index (κ2) is 4.63. The van der Waals surface area contributed by atoms with Gasteiger partial charge in [-0.3, -0.25) is 10.1 Å². The maximum Gasteiger partial charge on any atom is 0.305 e. The van der Waals surface area contributed by atoms with E-state index >= 15 is 0 Å². The Labute approximate surface area is 91.8 Å². The first-order valence-corrected chi connectivity index (χ1v) is 4.97. The molecule has 0 saturated carbocycles. The zero-order chi connectivity index (χ0) is 11.6. The van der Waals surface area contributed by atoms with Gasteiger partial charge in [0.2, 0.25) is 5.82 Å². The summed E-state index contributed by atoms with van der Waals surface area (Å²) in [6.45, 7) is 0. The SMILES string of the molecule is O=[N+]([O-])c1ccc(F)c(C(O)CBr)c1F. The number of halogens is 3. The van der Waals surface area contributed by atoms with Crippen LogP contribution in [0.4, 0.5) is 14.5 Å². The van der Waals surface area contributed by atoms with Crippen molar-refractivity contribution in [2.75, 3.05) is 5.33 Å². The van der Waals surface area contributed by atoms with Gasteiger partial charge in [-0.05, 0) is 6.07 Å². The van der Waals surface area contributed by atoms with Crippen LogP contribution in [-0.2, 0) is 0 Å². The maximum absolute atomic E-state index is 13.4. The standard InChI is InChI=1S/C8H6BrF2NO3/c9-3-6(13)7-4(10)1-2-5(8(7)11)12(14)15/h1-2,6,13H,3H2. The molecule has 82 valence electrons. The van der Waals surface area contributed by atoms with E-state index in [1.54, 1.807) is 0 Å². The van der Waals surface area contributed by atoms with Gasteiger partial charge in [-0.15, -0.1) is 0 Å². The smallest absolute Gasteiger partial charge is 0.305 e. The molecule has 7 heteroatoms. The highest BCUT2D eigenvalue weighted by molar-refractivity contribution is 9.09. The molecule has 15 heavy (non-hydrogen) atoms. The van der Waals surface area contributed by atoms with E-state index in [0.29, 0.717) is 0 Å². The highest BCUT2D eigenvalue weighted by Gasteiger charge is 2.25. The van der Waals surface area contributed by atoms with Crippen molar-refractivity contribution in [3.63, 3.8) is 0 Å². The molecule has 4 nitrogen and oxygen atoms in total. The number of nitrogens with zero attached hydrogens (tertiary/aromatic N) is 1. The molecule has 0 aliphatic rings. The van der Waals surface area contributed by atoms with Crippen molar-refractivity contribution in [3.05, 3.63) is 39.4 Å². The van der Waals surface area contributed by atoms with Crippen molar-refractivity contribution in [2.45, 2.75) is 6.10 Å². The molecule has 0 aliphatic heterocycles. The number of benzene rings is 1. The molecule has 1 N–H and O–H groups in total. The predicted octanol–water partition coefficient (Wildman–Crippen LogP) is 2.30. The molecule has 0 saturated heterocycles. The van der Waals surface area contributed by atoms with Crippen LogP contribution in [0.3, 0.4) is 0 Å². The molecule has 0 spiro atoms. The highest BCUT2D eigenvalue weighted by atomic mass is 79.9. The third-order valence-corrected chi connectivity index (χ3v) is 2.40. The molecule has 0 aliphatic carbocycles. The van der Waals surface area contributed by atoms with Crippen LogP contribution in [0, 0.1) is 21.7 Å². The molecule has 1 aromatic rings. The number of aliphatic hydroxyl groups is 1. The Morgan fingerprint density at radius 1 is 1.53 bits per heavy atom. The minimum Gasteiger partial charge on any atom is -0.387 e. The molecule has 1 rings (SSSR count). The number of hydrogen-bond acceptors (Lipinski definition) is 3. The number of aliphatic hydroxyl groups excluding tert-OH is 1. The van der Waals surface area contributed by atoms with E-state index in [2.05, 4.69) is 15.9 Å². The van der Waals surface area contributed by atoms with E-state index in [1.807, 2.05) is 0 Å². The van der Waals surface area contributed by atoms with E-state index in [9.17, 15) is 24.0 Å². The van der Waals surface area contributed by atoms with Gasteiger partial charge in [0.05, 0.1) is 16.6 Å². The summed E-state index contributed by atoms with van der Waals surface area (Å²) in [5.41, 5.74) is -1.55. The Kier molecular flexibility index (Phi) is 3.70. The number of alkyl halides is 1. The molecule has 0 heterocycles. The first kappa shape index (κ1) is 12.0. The van der Waals surface area contributed by atoms with Crippen molar-refractivity contribution in [1.82, 2.24) is 0 Å². The Hall–Kier alpha value is -1.08. The Morgan fingerprint density at radius 2 is 2.13 bits per heavy atom. The van der Waals surface area contributed by atoms with Gasteiger partial charge in [-0.1, -0.05) is 15.9 Å². The average molecular weight is 282 g/mol. The minimum atomic E-state index is -1.45.